The first-order chi connectivity index (χ1) is 8.62. The Morgan fingerprint density at radius 1 is 1.28 bits per heavy atom. The summed E-state index contributed by atoms with van der Waals surface area (Å²) in [6.45, 7) is 2.14. The predicted molar refractivity (Wildman–Crippen MR) is 76.0 cm³/mol. The molecule has 0 bridgehead atoms. The van der Waals surface area contributed by atoms with Crippen LogP contribution < -0.4 is 0 Å². The summed E-state index contributed by atoms with van der Waals surface area (Å²) >= 11 is 6.14. The molecule has 0 N–H and O–H groups in total. The summed E-state index contributed by atoms with van der Waals surface area (Å²) in [5, 5.41) is 0.845. The van der Waals surface area contributed by atoms with Gasteiger partial charge < -0.3 is 0 Å². The molecule has 2 rings (SSSR count). The summed E-state index contributed by atoms with van der Waals surface area (Å²) in [6, 6.07) is 7.99. The number of Topliss-reactive ketones (excluding diaryl/α,β-unsaturated/α-hetero) is 1. The van der Waals surface area contributed by atoms with Gasteiger partial charge in [0.05, 0.1) is 0 Å². The number of carbonyl (C=O) groups is 1. The van der Waals surface area contributed by atoms with E-state index in [1.807, 2.05) is 18.2 Å². The molecule has 1 aromatic rings. The van der Waals surface area contributed by atoms with Gasteiger partial charge in [-0.05, 0) is 43.7 Å². The van der Waals surface area contributed by atoms with Crippen molar-refractivity contribution in [2.45, 2.75) is 51.9 Å². The van der Waals surface area contributed by atoms with E-state index in [9.17, 15) is 4.79 Å². The van der Waals surface area contributed by atoms with E-state index in [0.29, 0.717) is 5.78 Å². The smallest absolute Gasteiger partial charge is 0.138 e. The maximum Gasteiger partial charge on any atom is 0.138 e. The van der Waals surface area contributed by atoms with Crippen molar-refractivity contribution >= 4 is 17.4 Å². The summed E-state index contributed by atoms with van der Waals surface area (Å²) in [5.41, 5.74) is 1.13. The minimum Gasteiger partial charge on any atom is -0.299 e. The highest BCUT2D eigenvalue weighted by Crippen LogP contribution is 2.37. The second kappa shape index (κ2) is 5.88. The third-order valence-electron chi connectivity index (χ3n) is 4.19. The normalized spacial score (nSPS) is 24.2. The second-order valence-corrected chi connectivity index (χ2v) is 6.04. The van der Waals surface area contributed by atoms with Crippen molar-refractivity contribution in [1.29, 1.82) is 0 Å². The number of ketones is 1. The third-order valence-corrected chi connectivity index (χ3v) is 4.56. The van der Waals surface area contributed by atoms with E-state index in [2.05, 4.69) is 13.0 Å². The Kier molecular flexibility index (Phi) is 4.45. The summed E-state index contributed by atoms with van der Waals surface area (Å²) in [7, 11) is 0. The summed E-state index contributed by atoms with van der Waals surface area (Å²) < 4.78 is 0. The summed E-state index contributed by atoms with van der Waals surface area (Å²) in [6.07, 6.45) is 7.15. The third kappa shape index (κ3) is 3.14. The number of rotatable bonds is 4. The Balaban J connectivity index is 1.88. The molecule has 0 heterocycles. The molecule has 98 valence electrons. The van der Waals surface area contributed by atoms with E-state index in [1.165, 1.54) is 12.0 Å². The van der Waals surface area contributed by atoms with Crippen LogP contribution in [0.3, 0.4) is 0 Å². The lowest BCUT2D eigenvalue weighted by Crippen LogP contribution is -2.31. The first kappa shape index (κ1) is 13.6. The minimum absolute atomic E-state index is 0.0699. The molecule has 1 unspecified atom stereocenters. The molecule has 1 fully saturated rings. The monoisotopic (exact) mass is 264 g/mol. The molecule has 1 aromatic carbocycles. The van der Waals surface area contributed by atoms with Crippen molar-refractivity contribution in [3.8, 4) is 0 Å². The van der Waals surface area contributed by atoms with Crippen molar-refractivity contribution in [2.24, 2.45) is 5.41 Å². The van der Waals surface area contributed by atoms with E-state index in [4.69, 9.17) is 11.6 Å². The maximum absolute atomic E-state index is 12.0. The van der Waals surface area contributed by atoms with E-state index in [1.54, 1.807) is 0 Å². The van der Waals surface area contributed by atoms with Crippen LogP contribution in [0.25, 0.3) is 0 Å². The summed E-state index contributed by atoms with van der Waals surface area (Å²) in [5.74, 6) is 0.466. The summed E-state index contributed by atoms with van der Waals surface area (Å²) in [4.78, 5) is 12.0. The molecule has 1 aliphatic rings. The number of aryl methyl sites for hydroxylation is 1. The zero-order valence-corrected chi connectivity index (χ0v) is 11.8. The van der Waals surface area contributed by atoms with Crippen LogP contribution in [0.15, 0.2) is 24.3 Å². The van der Waals surface area contributed by atoms with Gasteiger partial charge in [0.25, 0.3) is 0 Å². The second-order valence-electron chi connectivity index (χ2n) is 5.64. The average Bonchev–Trinajstić information content (AvgIpc) is 2.36. The van der Waals surface area contributed by atoms with Gasteiger partial charge in [-0.1, -0.05) is 43.1 Å². The van der Waals surface area contributed by atoms with Crippen LogP contribution >= 0.6 is 11.6 Å². The van der Waals surface area contributed by atoms with E-state index < -0.39 is 0 Å². The lowest BCUT2D eigenvalue weighted by atomic mass is 9.71. The minimum atomic E-state index is -0.0699. The first-order valence-electron chi connectivity index (χ1n) is 6.88. The number of halogens is 1. The van der Waals surface area contributed by atoms with E-state index >= 15 is 0 Å². The molecule has 2 heteroatoms. The first-order valence-corrected chi connectivity index (χ1v) is 7.26. The molecule has 0 spiro atoms. The highest BCUT2D eigenvalue weighted by molar-refractivity contribution is 6.31. The van der Waals surface area contributed by atoms with Crippen molar-refractivity contribution in [2.75, 3.05) is 0 Å². The van der Waals surface area contributed by atoms with Crippen LogP contribution in [-0.4, -0.2) is 5.78 Å². The van der Waals surface area contributed by atoms with Gasteiger partial charge in [-0.25, -0.2) is 0 Å². The van der Waals surface area contributed by atoms with Crippen molar-refractivity contribution in [1.82, 2.24) is 0 Å². The van der Waals surface area contributed by atoms with Gasteiger partial charge in [-0.3, -0.25) is 4.79 Å². The molecular weight excluding hydrogens is 244 g/mol. The SMILES string of the molecule is CC1(CCCc2ccccc2Cl)CCCCC1=O. The van der Waals surface area contributed by atoms with Crippen LogP contribution in [0.5, 0.6) is 0 Å². The Morgan fingerprint density at radius 3 is 2.78 bits per heavy atom. The molecule has 18 heavy (non-hydrogen) atoms. The molecule has 0 saturated heterocycles. The number of hydrogen-bond donors (Lipinski definition) is 0. The van der Waals surface area contributed by atoms with Crippen LogP contribution in [0, 0.1) is 5.41 Å². The van der Waals surface area contributed by atoms with Crippen molar-refractivity contribution < 1.29 is 4.79 Å². The van der Waals surface area contributed by atoms with Crippen molar-refractivity contribution in [3.63, 3.8) is 0 Å². The highest BCUT2D eigenvalue weighted by atomic mass is 35.5. The van der Waals surface area contributed by atoms with Gasteiger partial charge in [0.15, 0.2) is 0 Å². The number of hydrogen-bond acceptors (Lipinski definition) is 1. The molecule has 0 radical (unpaired) electrons. The molecule has 0 amide bonds. The zero-order chi connectivity index (χ0) is 13.0. The molecule has 1 nitrogen and oxygen atoms in total. The lowest BCUT2D eigenvalue weighted by molar-refractivity contribution is -0.130. The van der Waals surface area contributed by atoms with Crippen LogP contribution in [-0.2, 0) is 11.2 Å². The van der Waals surface area contributed by atoms with Crippen LogP contribution in [0.4, 0.5) is 0 Å². The largest absolute Gasteiger partial charge is 0.299 e. The average molecular weight is 265 g/mol. The Bertz CT molecular complexity index is 427. The fourth-order valence-electron chi connectivity index (χ4n) is 2.88. The van der Waals surface area contributed by atoms with E-state index in [-0.39, 0.29) is 5.41 Å². The predicted octanol–water partition coefficient (Wildman–Crippen LogP) is 4.81. The zero-order valence-electron chi connectivity index (χ0n) is 11.0. The van der Waals surface area contributed by atoms with E-state index in [0.717, 1.165) is 43.5 Å². The number of carbonyl (C=O) groups excluding carboxylic acids is 1. The quantitative estimate of drug-likeness (QED) is 0.763. The molecule has 0 aliphatic heterocycles. The van der Waals surface area contributed by atoms with Gasteiger partial charge in [-0.15, -0.1) is 0 Å². The molecule has 1 saturated carbocycles. The maximum atomic E-state index is 12.0. The van der Waals surface area contributed by atoms with Gasteiger partial charge in [0.1, 0.15) is 5.78 Å². The lowest BCUT2D eigenvalue weighted by Gasteiger charge is -2.32. The highest BCUT2D eigenvalue weighted by Gasteiger charge is 2.34. The molecule has 0 aromatic heterocycles. The van der Waals surface area contributed by atoms with Gasteiger partial charge in [0.2, 0.25) is 0 Å². The Morgan fingerprint density at radius 2 is 2.06 bits per heavy atom. The topological polar surface area (TPSA) is 17.1 Å². The molecule has 1 aliphatic carbocycles. The standard InChI is InChI=1S/C16H21ClO/c1-16(11-5-4-10-15(16)18)12-6-8-13-7-2-3-9-14(13)17/h2-3,7,9H,4-6,8,10-12H2,1H3. The van der Waals surface area contributed by atoms with Crippen LogP contribution in [0.2, 0.25) is 5.02 Å². The molecular formula is C16H21ClO. The van der Waals surface area contributed by atoms with Gasteiger partial charge in [-0.2, -0.15) is 0 Å². The van der Waals surface area contributed by atoms with Crippen LogP contribution in [0.1, 0.15) is 51.0 Å². The number of benzene rings is 1. The molecule has 1 atom stereocenters. The fourth-order valence-corrected chi connectivity index (χ4v) is 3.11. The Hall–Kier alpha value is -0.820. The van der Waals surface area contributed by atoms with Gasteiger partial charge in [0, 0.05) is 16.9 Å². The Labute approximate surface area is 115 Å². The van der Waals surface area contributed by atoms with Gasteiger partial charge >= 0.3 is 0 Å². The fraction of sp³-hybridized carbons (Fsp3) is 0.562. The van der Waals surface area contributed by atoms with Crippen molar-refractivity contribution in [3.05, 3.63) is 34.9 Å².